The highest BCUT2D eigenvalue weighted by atomic mass is 16.5. The van der Waals surface area contributed by atoms with Crippen molar-refractivity contribution in [3.63, 3.8) is 0 Å². The third kappa shape index (κ3) is 7.82. The second kappa shape index (κ2) is 9.78. The number of carbonyl (C=O) groups excluding carboxylic acids is 1. The molecule has 19 heavy (non-hydrogen) atoms. The summed E-state index contributed by atoms with van der Waals surface area (Å²) in [6.45, 7) is 1.39. The summed E-state index contributed by atoms with van der Waals surface area (Å²) in [6, 6.07) is 0. The lowest BCUT2D eigenvalue weighted by Gasteiger charge is -2.21. The van der Waals surface area contributed by atoms with E-state index in [4.69, 9.17) is 9.84 Å². The normalized spacial score (nSPS) is 19.1. The van der Waals surface area contributed by atoms with E-state index in [1.807, 2.05) is 0 Å². The van der Waals surface area contributed by atoms with Gasteiger partial charge in [0, 0.05) is 19.6 Å². The number of carbonyl (C=O) groups is 2. The van der Waals surface area contributed by atoms with Gasteiger partial charge in [0.05, 0.1) is 0 Å². The molecule has 0 bridgehead atoms. The molecule has 0 aromatic carbocycles. The maximum absolute atomic E-state index is 11.7. The van der Waals surface area contributed by atoms with Crippen molar-refractivity contribution in [3.8, 4) is 0 Å². The lowest BCUT2D eigenvalue weighted by atomic mass is 10.1. The Kier molecular flexibility index (Phi) is 8.21. The van der Waals surface area contributed by atoms with Crippen molar-refractivity contribution in [2.45, 2.75) is 63.9 Å². The minimum atomic E-state index is -0.722. The molecule has 1 unspecified atom stereocenters. The summed E-state index contributed by atoms with van der Waals surface area (Å²) in [5.74, 6) is -0.703. The van der Waals surface area contributed by atoms with Crippen LogP contribution in [-0.4, -0.2) is 36.2 Å². The Bertz CT molecular complexity index is 275. The average molecular weight is 271 g/mol. The zero-order valence-corrected chi connectivity index (χ0v) is 11.5. The van der Waals surface area contributed by atoms with Crippen molar-refractivity contribution < 1.29 is 19.4 Å². The van der Waals surface area contributed by atoms with Gasteiger partial charge in [0.25, 0.3) is 0 Å². The number of hydrogen-bond donors (Lipinski definition) is 2. The molecule has 2 N–H and O–H groups in total. The van der Waals surface area contributed by atoms with Gasteiger partial charge in [0.15, 0.2) is 0 Å². The van der Waals surface area contributed by atoms with Crippen LogP contribution >= 0.6 is 0 Å². The van der Waals surface area contributed by atoms with E-state index in [2.05, 4.69) is 5.32 Å². The molecule has 1 aliphatic heterocycles. The molecular weight excluding hydrogens is 246 g/mol. The van der Waals surface area contributed by atoms with Crippen LogP contribution < -0.4 is 5.32 Å². The lowest BCUT2D eigenvalue weighted by molar-refractivity contribution is -0.137. The van der Waals surface area contributed by atoms with Gasteiger partial charge in [-0.25, -0.2) is 0 Å². The Balaban J connectivity index is 1.89. The standard InChI is InChI=1S/C14H25NO4/c16-13(17)9-4-2-1-3-6-10-15-14(18)12-8-5-7-11-19-12/h12H,1-11H2,(H,15,18)(H,16,17). The van der Waals surface area contributed by atoms with Gasteiger partial charge in [-0.05, 0) is 32.1 Å². The molecule has 0 spiro atoms. The monoisotopic (exact) mass is 271 g/mol. The quantitative estimate of drug-likeness (QED) is 0.630. The number of aliphatic carboxylic acids is 1. The average Bonchev–Trinajstić information content (AvgIpc) is 2.42. The molecule has 1 fully saturated rings. The molecule has 0 aromatic rings. The first-order chi connectivity index (χ1) is 9.20. The van der Waals surface area contributed by atoms with E-state index in [-0.39, 0.29) is 18.4 Å². The molecule has 1 heterocycles. The number of rotatable bonds is 9. The number of unbranched alkanes of at least 4 members (excludes halogenated alkanes) is 4. The Hall–Kier alpha value is -1.10. The van der Waals surface area contributed by atoms with Crippen molar-refractivity contribution in [1.29, 1.82) is 0 Å². The number of hydrogen-bond acceptors (Lipinski definition) is 3. The Morgan fingerprint density at radius 3 is 2.53 bits per heavy atom. The van der Waals surface area contributed by atoms with Gasteiger partial charge in [0.1, 0.15) is 6.10 Å². The summed E-state index contributed by atoms with van der Waals surface area (Å²) in [7, 11) is 0. The molecule has 110 valence electrons. The molecular formula is C14H25NO4. The van der Waals surface area contributed by atoms with E-state index >= 15 is 0 Å². The molecule has 1 atom stereocenters. The van der Waals surface area contributed by atoms with Gasteiger partial charge in [-0.1, -0.05) is 19.3 Å². The zero-order valence-electron chi connectivity index (χ0n) is 11.5. The highest BCUT2D eigenvalue weighted by molar-refractivity contribution is 5.80. The third-order valence-electron chi connectivity index (χ3n) is 3.34. The van der Waals surface area contributed by atoms with Crippen LogP contribution in [0.5, 0.6) is 0 Å². The van der Waals surface area contributed by atoms with Gasteiger partial charge in [-0.2, -0.15) is 0 Å². The van der Waals surface area contributed by atoms with Gasteiger partial charge in [-0.3, -0.25) is 9.59 Å². The first-order valence-electron chi connectivity index (χ1n) is 7.31. The topological polar surface area (TPSA) is 75.6 Å². The number of carboxylic acid groups (broad SMARTS) is 1. The maximum Gasteiger partial charge on any atom is 0.303 e. The second-order valence-electron chi connectivity index (χ2n) is 5.06. The molecule has 1 saturated heterocycles. The summed E-state index contributed by atoms with van der Waals surface area (Å²) in [5.41, 5.74) is 0. The minimum absolute atomic E-state index is 0.0191. The van der Waals surface area contributed by atoms with Crippen LogP contribution in [0, 0.1) is 0 Å². The SMILES string of the molecule is O=C(O)CCCCCCCNC(=O)C1CCCCO1. The highest BCUT2D eigenvalue weighted by Crippen LogP contribution is 2.12. The van der Waals surface area contributed by atoms with Crippen LogP contribution in [0.4, 0.5) is 0 Å². The smallest absolute Gasteiger partial charge is 0.303 e. The van der Waals surface area contributed by atoms with Gasteiger partial charge >= 0.3 is 5.97 Å². The summed E-state index contributed by atoms with van der Waals surface area (Å²) in [6.07, 6.45) is 7.69. The van der Waals surface area contributed by atoms with Crippen LogP contribution in [0.2, 0.25) is 0 Å². The molecule has 0 aliphatic carbocycles. The predicted molar refractivity (Wildman–Crippen MR) is 71.9 cm³/mol. The number of carboxylic acids is 1. The second-order valence-corrected chi connectivity index (χ2v) is 5.06. The van der Waals surface area contributed by atoms with Gasteiger partial charge in [0.2, 0.25) is 5.91 Å². The predicted octanol–water partition coefficient (Wildman–Crippen LogP) is 2.10. The van der Waals surface area contributed by atoms with E-state index in [0.717, 1.165) is 51.4 Å². The van der Waals surface area contributed by atoms with Crippen molar-refractivity contribution >= 4 is 11.9 Å². The fourth-order valence-corrected chi connectivity index (χ4v) is 2.20. The third-order valence-corrected chi connectivity index (χ3v) is 3.34. The van der Waals surface area contributed by atoms with Crippen LogP contribution in [0.25, 0.3) is 0 Å². The molecule has 0 aromatic heterocycles. The Labute approximate surface area is 114 Å². The van der Waals surface area contributed by atoms with E-state index in [9.17, 15) is 9.59 Å². The van der Waals surface area contributed by atoms with E-state index in [1.54, 1.807) is 0 Å². The van der Waals surface area contributed by atoms with Crippen LogP contribution in [-0.2, 0) is 14.3 Å². The zero-order chi connectivity index (χ0) is 13.9. The summed E-state index contributed by atoms with van der Waals surface area (Å²) in [4.78, 5) is 22.0. The summed E-state index contributed by atoms with van der Waals surface area (Å²) in [5, 5.41) is 11.4. The fourth-order valence-electron chi connectivity index (χ4n) is 2.20. The van der Waals surface area contributed by atoms with Gasteiger partial charge in [-0.15, -0.1) is 0 Å². The van der Waals surface area contributed by atoms with Crippen molar-refractivity contribution in [1.82, 2.24) is 5.32 Å². The molecule has 0 saturated carbocycles. The number of nitrogens with one attached hydrogen (secondary N) is 1. The highest BCUT2D eigenvalue weighted by Gasteiger charge is 2.20. The minimum Gasteiger partial charge on any atom is -0.481 e. The Morgan fingerprint density at radius 2 is 1.84 bits per heavy atom. The number of ether oxygens (including phenoxy) is 1. The van der Waals surface area contributed by atoms with E-state index in [1.165, 1.54) is 0 Å². The fraction of sp³-hybridized carbons (Fsp3) is 0.857. The first-order valence-corrected chi connectivity index (χ1v) is 7.31. The van der Waals surface area contributed by atoms with Crippen LogP contribution in [0.3, 0.4) is 0 Å². The molecule has 5 heteroatoms. The summed E-state index contributed by atoms with van der Waals surface area (Å²) >= 11 is 0. The maximum atomic E-state index is 11.7. The number of amides is 1. The van der Waals surface area contributed by atoms with Crippen LogP contribution in [0.15, 0.2) is 0 Å². The first kappa shape index (κ1) is 16.0. The van der Waals surface area contributed by atoms with E-state index < -0.39 is 5.97 Å². The van der Waals surface area contributed by atoms with Crippen molar-refractivity contribution in [2.75, 3.05) is 13.2 Å². The molecule has 5 nitrogen and oxygen atoms in total. The molecule has 1 aliphatic rings. The molecule has 1 rings (SSSR count). The van der Waals surface area contributed by atoms with Gasteiger partial charge < -0.3 is 15.2 Å². The molecule has 1 amide bonds. The largest absolute Gasteiger partial charge is 0.481 e. The van der Waals surface area contributed by atoms with Crippen molar-refractivity contribution in [3.05, 3.63) is 0 Å². The Morgan fingerprint density at radius 1 is 1.11 bits per heavy atom. The molecule has 0 radical (unpaired) electrons. The van der Waals surface area contributed by atoms with Crippen LogP contribution in [0.1, 0.15) is 57.8 Å². The van der Waals surface area contributed by atoms with Crippen molar-refractivity contribution in [2.24, 2.45) is 0 Å². The van der Waals surface area contributed by atoms with E-state index in [0.29, 0.717) is 13.2 Å². The lowest BCUT2D eigenvalue weighted by Crippen LogP contribution is -2.38. The summed E-state index contributed by atoms with van der Waals surface area (Å²) < 4.78 is 5.40.